The summed E-state index contributed by atoms with van der Waals surface area (Å²) < 4.78 is 34.6. The number of fused-ring (bicyclic) bond motifs is 5. The maximum atomic E-state index is 14.9. The first-order valence-corrected chi connectivity index (χ1v) is 12.8. The van der Waals surface area contributed by atoms with Crippen LogP contribution in [-0.4, -0.2) is 54.0 Å². The predicted octanol–water partition coefficient (Wildman–Crippen LogP) is 4.15. The SMILES string of the molecule is CN[C@@]12C[C@@H](O)C(F)(F)C[C@]1(C)C1CC[C@@]3(C)C(CC[C@@H]3[C@H](C)CCC(=O)OC)C1[C@@H](O)C2. The van der Waals surface area contributed by atoms with E-state index in [0.717, 1.165) is 32.1 Å². The van der Waals surface area contributed by atoms with E-state index in [2.05, 4.69) is 19.2 Å². The Balaban J connectivity index is 1.62. The number of ether oxygens (including phenoxy) is 1. The summed E-state index contributed by atoms with van der Waals surface area (Å²) in [5, 5.41) is 25.1. The number of alkyl halides is 2. The summed E-state index contributed by atoms with van der Waals surface area (Å²) in [7, 11) is 3.22. The number of carbonyl (C=O) groups is 1. The molecule has 7 heteroatoms. The second-order valence-corrected chi connectivity index (χ2v) is 12.3. The fourth-order valence-electron chi connectivity index (χ4n) is 9.37. The van der Waals surface area contributed by atoms with Crippen LogP contribution in [0.2, 0.25) is 0 Å². The van der Waals surface area contributed by atoms with Crippen molar-refractivity contribution >= 4 is 5.97 Å². The molecule has 10 atom stereocenters. The van der Waals surface area contributed by atoms with Gasteiger partial charge in [-0.2, -0.15) is 0 Å². The second-order valence-electron chi connectivity index (χ2n) is 12.3. The molecule has 4 aliphatic rings. The second kappa shape index (κ2) is 8.41. The summed E-state index contributed by atoms with van der Waals surface area (Å²) >= 11 is 0. The quantitative estimate of drug-likeness (QED) is 0.525. The van der Waals surface area contributed by atoms with Crippen molar-refractivity contribution < 1.29 is 28.5 Å². The van der Waals surface area contributed by atoms with Gasteiger partial charge in [-0.25, -0.2) is 8.78 Å². The lowest BCUT2D eigenvalue weighted by molar-refractivity contribution is -0.249. The minimum Gasteiger partial charge on any atom is -0.469 e. The van der Waals surface area contributed by atoms with Gasteiger partial charge in [-0.3, -0.25) is 4.79 Å². The molecule has 0 bridgehead atoms. The zero-order valence-corrected chi connectivity index (χ0v) is 20.9. The van der Waals surface area contributed by atoms with E-state index in [4.69, 9.17) is 4.74 Å². The van der Waals surface area contributed by atoms with Crippen LogP contribution in [0.5, 0.6) is 0 Å². The molecule has 4 fully saturated rings. The Bertz CT molecular complexity index is 765. The molecule has 3 N–H and O–H groups in total. The Hall–Kier alpha value is -0.790. The van der Waals surface area contributed by atoms with Crippen LogP contribution in [0.1, 0.15) is 78.6 Å². The first-order valence-electron chi connectivity index (χ1n) is 12.8. The van der Waals surface area contributed by atoms with E-state index in [-0.39, 0.29) is 36.1 Å². The van der Waals surface area contributed by atoms with Gasteiger partial charge in [-0.15, -0.1) is 0 Å². The first-order chi connectivity index (χ1) is 15.3. The number of esters is 1. The van der Waals surface area contributed by atoms with Crippen molar-refractivity contribution in [2.45, 2.75) is 102 Å². The Morgan fingerprint density at radius 1 is 1.15 bits per heavy atom. The van der Waals surface area contributed by atoms with Crippen LogP contribution in [0.4, 0.5) is 8.78 Å². The molecule has 0 amide bonds. The lowest BCUT2D eigenvalue weighted by atomic mass is 9.41. The van der Waals surface area contributed by atoms with Gasteiger partial charge in [0, 0.05) is 18.4 Å². The van der Waals surface area contributed by atoms with Gasteiger partial charge in [0.2, 0.25) is 0 Å². The van der Waals surface area contributed by atoms with Crippen LogP contribution < -0.4 is 5.32 Å². The molecule has 33 heavy (non-hydrogen) atoms. The Kier molecular flexibility index (Phi) is 6.45. The molecule has 0 aliphatic heterocycles. The van der Waals surface area contributed by atoms with Crippen molar-refractivity contribution in [2.24, 2.45) is 40.4 Å². The van der Waals surface area contributed by atoms with Crippen LogP contribution in [0, 0.1) is 40.4 Å². The van der Waals surface area contributed by atoms with E-state index in [1.807, 2.05) is 6.92 Å². The Morgan fingerprint density at radius 2 is 1.85 bits per heavy atom. The number of halogens is 2. The highest BCUT2D eigenvalue weighted by Gasteiger charge is 2.70. The lowest BCUT2D eigenvalue weighted by Crippen LogP contribution is -2.73. The number of hydrogen-bond donors (Lipinski definition) is 3. The molecule has 190 valence electrons. The van der Waals surface area contributed by atoms with Gasteiger partial charge in [0.05, 0.1) is 13.2 Å². The van der Waals surface area contributed by atoms with Gasteiger partial charge >= 0.3 is 5.97 Å². The molecule has 0 saturated heterocycles. The summed E-state index contributed by atoms with van der Waals surface area (Å²) in [5.41, 5.74) is -1.33. The summed E-state index contributed by atoms with van der Waals surface area (Å²) in [4.78, 5) is 11.7. The van der Waals surface area contributed by atoms with Crippen molar-refractivity contribution in [3.8, 4) is 0 Å². The third-order valence-corrected chi connectivity index (χ3v) is 11.1. The summed E-state index contributed by atoms with van der Waals surface area (Å²) in [5.74, 6) is -2.16. The average Bonchev–Trinajstić information content (AvgIpc) is 3.10. The van der Waals surface area contributed by atoms with Crippen LogP contribution in [-0.2, 0) is 9.53 Å². The van der Waals surface area contributed by atoms with Crippen LogP contribution in [0.25, 0.3) is 0 Å². The van der Waals surface area contributed by atoms with Gasteiger partial charge in [-0.05, 0) is 92.4 Å². The molecule has 0 spiro atoms. The van der Waals surface area contributed by atoms with Gasteiger partial charge in [-0.1, -0.05) is 20.8 Å². The van der Waals surface area contributed by atoms with Crippen LogP contribution in [0.15, 0.2) is 0 Å². The normalized spacial score (nSPS) is 49.5. The predicted molar refractivity (Wildman–Crippen MR) is 122 cm³/mol. The van der Waals surface area contributed by atoms with Crippen molar-refractivity contribution in [1.29, 1.82) is 0 Å². The Labute approximate surface area is 197 Å². The highest BCUT2D eigenvalue weighted by molar-refractivity contribution is 5.69. The largest absolute Gasteiger partial charge is 0.469 e. The van der Waals surface area contributed by atoms with E-state index in [9.17, 15) is 23.8 Å². The molecule has 4 rings (SSSR count). The topological polar surface area (TPSA) is 78.8 Å². The van der Waals surface area contributed by atoms with E-state index in [1.165, 1.54) is 7.11 Å². The number of aliphatic hydroxyl groups excluding tert-OH is 2. The monoisotopic (exact) mass is 471 g/mol. The summed E-state index contributed by atoms with van der Waals surface area (Å²) in [6.07, 6.45) is 2.86. The Morgan fingerprint density at radius 3 is 2.48 bits per heavy atom. The lowest BCUT2D eigenvalue weighted by Gasteiger charge is -2.67. The van der Waals surface area contributed by atoms with Crippen LogP contribution >= 0.6 is 0 Å². The highest BCUT2D eigenvalue weighted by atomic mass is 19.3. The van der Waals surface area contributed by atoms with Gasteiger partial charge in [0.25, 0.3) is 5.92 Å². The molecule has 4 saturated carbocycles. The summed E-state index contributed by atoms with van der Waals surface area (Å²) in [6.45, 7) is 6.55. The van der Waals surface area contributed by atoms with E-state index < -0.39 is 29.1 Å². The fraction of sp³-hybridized carbons (Fsp3) is 0.962. The molecule has 0 radical (unpaired) electrons. The zero-order valence-electron chi connectivity index (χ0n) is 20.9. The van der Waals surface area contributed by atoms with Crippen molar-refractivity contribution in [3.63, 3.8) is 0 Å². The third-order valence-electron chi connectivity index (χ3n) is 11.1. The van der Waals surface area contributed by atoms with E-state index in [1.54, 1.807) is 7.05 Å². The molecule has 0 aromatic rings. The number of carbonyl (C=O) groups excluding carboxylic acids is 1. The molecular weight excluding hydrogens is 428 g/mol. The average molecular weight is 472 g/mol. The standard InChI is InChI=1S/C26H43F2NO4/c1-15(6-9-21(32)33-5)16-7-8-17-22-18(10-11-23(16,17)2)24(3)14-26(27,28)20(31)13-25(24,29-4)12-19(22)30/h15-20,22,29-31H,6-14H2,1-5H3/t15-,16-,17?,18?,19+,20-,22?,23-,24-,25+/m1/s1. The highest BCUT2D eigenvalue weighted by Crippen LogP contribution is 2.70. The van der Waals surface area contributed by atoms with E-state index in [0.29, 0.717) is 30.6 Å². The van der Waals surface area contributed by atoms with Crippen LogP contribution in [0.3, 0.4) is 0 Å². The van der Waals surface area contributed by atoms with Gasteiger partial charge < -0.3 is 20.3 Å². The minimum atomic E-state index is -3.11. The maximum Gasteiger partial charge on any atom is 0.305 e. The number of rotatable bonds is 5. The van der Waals surface area contributed by atoms with Crippen molar-refractivity contribution in [2.75, 3.05) is 14.2 Å². The van der Waals surface area contributed by atoms with Gasteiger partial charge in [0.15, 0.2) is 0 Å². The van der Waals surface area contributed by atoms with E-state index >= 15 is 0 Å². The minimum absolute atomic E-state index is 0.000857. The van der Waals surface area contributed by atoms with Gasteiger partial charge in [0.1, 0.15) is 6.10 Å². The van der Waals surface area contributed by atoms with Crippen molar-refractivity contribution in [3.05, 3.63) is 0 Å². The summed E-state index contributed by atoms with van der Waals surface area (Å²) in [6, 6.07) is 0. The first kappa shape index (κ1) is 25.3. The molecule has 5 nitrogen and oxygen atoms in total. The fourth-order valence-corrected chi connectivity index (χ4v) is 9.37. The number of hydrogen-bond acceptors (Lipinski definition) is 5. The zero-order chi connectivity index (χ0) is 24.4. The molecular formula is C26H43F2NO4. The number of methoxy groups -OCH3 is 1. The molecule has 3 unspecified atom stereocenters. The molecule has 4 aliphatic carbocycles. The third kappa shape index (κ3) is 3.67. The number of nitrogens with one attached hydrogen (secondary N) is 1. The van der Waals surface area contributed by atoms with Crippen molar-refractivity contribution in [1.82, 2.24) is 5.32 Å². The maximum absolute atomic E-state index is 14.9. The number of aliphatic hydroxyl groups is 2. The smallest absolute Gasteiger partial charge is 0.305 e. The molecule has 0 aromatic carbocycles. The molecule has 0 heterocycles. The molecule has 0 aromatic heterocycles.